The number of guanidine groups is 1. The largest absolute Gasteiger partial charge is 0.355 e. The molecule has 1 amide bonds. The van der Waals surface area contributed by atoms with Gasteiger partial charge < -0.3 is 16.0 Å². The molecule has 142 valence electrons. The van der Waals surface area contributed by atoms with Gasteiger partial charge in [-0.05, 0) is 31.6 Å². The Labute approximate surface area is 165 Å². The van der Waals surface area contributed by atoms with Gasteiger partial charge in [0, 0.05) is 31.6 Å². The van der Waals surface area contributed by atoms with Gasteiger partial charge in [-0.15, -0.1) is 24.0 Å². The highest BCUT2D eigenvalue weighted by Crippen LogP contribution is 2.27. The zero-order chi connectivity index (χ0) is 17.3. The van der Waals surface area contributed by atoms with E-state index in [0.717, 1.165) is 11.9 Å². The first kappa shape index (κ1) is 23.5. The Morgan fingerprint density at radius 1 is 1.08 bits per heavy atom. The van der Waals surface area contributed by atoms with Crippen LogP contribution in [0.3, 0.4) is 0 Å². The number of carbonyl (C=O) groups excluding carboxylic acids is 1. The van der Waals surface area contributed by atoms with Crippen molar-refractivity contribution in [2.24, 2.45) is 16.3 Å². The molecule has 0 aromatic rings. The van der Waals surface area contributed by atoms with E-state index in [-0.39, 0.29) is 35.3 Å². The summed E-state index contributed by atoms with van der Waals surface area (Å²) in [6, 6.07) is 0.526. The fraction of sp³-hybridized carbons (Fsp3) is 0.889. The first-order valence-electron chi connectivity index (χ1n) is 9.12. The van der Waals surface area contributed by atoms with Crippen molar-refractivity contribution in [1.29, 1.82) is 0 Å². The molecule has 0 spiro atoms. The lowest BCUT2D eigenvalue weighted by Crippen LogP contribution is -2.47. The van der Waals surface area contributed by atoms with Crippen LogP contribution in [0.5, 0.6) is 0 Å². The molecular weight excluding hydrogens is 415 g/mol. The summed E-state index contributed by atoms with van der Waals surface area (Å²) in [5.74, 6) is 1.84. The second-order valence-electron chi connectivity index (χ2n) is 7.66. The quantitative estimate of drug-likeness (QED) is 0.251. The number of hydrogen-bond donors (Lipinski definition) is 3. The maximum Gasteiger partial charge on any atom is 0.225 e. The summed E-state index contributed by atoms with van der Waals surface area (Å²) < 4.78 is 0. The minimum atomic E-state index is -0.336. The summed E-state index contributed by atoms with van der Waals surface area (Å²) in [4.78, 5) is 16.1. The molecule has 0 atom stereocenters. The van der Waals surface area contributed by atoms with E-state index < -0.39 is 0 Å². The molecule has 1 fully saturated rings. The van der Waals surface area contributed by atoms with Crippen LogP contribution >= 0.6 is 24.0 Å². The van der Waals surface area contributed by atoms with Crippen LogP contribution in [0.4, 0.5) is 0 Å². The van der Waals surface area contributed by atoms with Crippen LogP contribution in [0.25, 0.3) is 0 Å². The van der Waals surface area contributed by atoms with E-state index in [0.29, 0.717) is 19.1 Å². The topological polar surface area (TPSA) is 65.5 Å². The number of nitrogens with zero attached hydrogens (tertiary/aromatic N) is 1. The number of hydrogen-bond acceptors (Lipinski definition) is 2. The van der Waals surface area contributed by atoms with Gasteiger partial charge in [0.1, 0.15) is 0 Å². The molecule has 3 N–H and O–H groups in total. The van der Waals surface area contributed by atoms with Gasteiger partial charge in [-0.3, -0.25) is 9.79 Å². The molecule has 0 aromatic carbocycles. The summed E-state index contributed by atoms with van der Waals surface area (Å²) in [6.45, 7) is 9.34. The Morgan fingerprint density at radius 3 is 2.17 bits per heavy atom. The van der Waals surface area contributed by atoms with Crippen LogP contribution in [0.2, 0.25) is 0 Å². The van der Waals surface area contributed by atoms with E-state index in [9.17, 15) is 4.79 Å². The lowest BCUT2D eigenvalue weighted by atomic mass is 9.83. The predicted molar refractivity (Wildman–Crippen MR) is 113 cm³/mol. The van der Waals surface area contributed by atoms with Gasteiger partial charge in [-0.1, -0.05) is 40.5 Å². The molecule has 1 saturated carbocycles. The predicted octanol–water partition coefficient (Wildman–Crippen LogP) is 3.29. The molecule has 0 radical (unpaired) electrons. The third-order valence-corrected chi connectivity index (χ3v) is 4.49. The van der Waals surface area contributed by atoms with E-state index in [4.69, 9.17) is 0 Å². The van der Waals surface area contributed by atoms with Gasteiger partial charge in [0.15, 0.2) is 5.96 Å². The molecule has 0 saturated heterocycles. The highest BCUT2D eigenvalue weighted by atomic mass is 127. The second kappa shape index (κ2) is 11.9. The maximum absolute atomic E-state index is 11.8. The molecule has 1 aliphatic rings. The van der Waals surface area contributed by atoms with Crippen LogP contribution in [-0.2, 0) is 4.79 Å². The Kier molecular flexibility index (Phi) is 11.7. The molecule has 6 heteroatoms. The molecule has 0 heterocycles. The van der Waals surface area contributed by atoms with Crippen molar-refractivity contribution in [1.82, 2.24) is 16.0 Å². The van der Waals surface area contributed by atoms with Crippen LogP contribution < -0.4 is 16.0 Å². The van der Waals surface area contributed by atoms with Crippen LogP contribution in [-0.4, -0.2) is 38.0 Å². The summed E-state index contributed by atoms with van der Waals surface area (Å²) in [5, 5.41) is 9.74. The average molecular weight is 452 g/mol. The molecule has 1 rings (SSSR count). The standard InChI is InChI=1S/C18H36N4O.HI/c1-6-7-14-8-10-15(11-9-14)22-17(19-5)21-13-12-20-16(23)18(2,3)4;/h14-15H,6-13H2,1-5H3,(H,20,23)(H2,19,21,22);1H. The fourth-order valence-electron chi connectivity index (χ4n) is 3.01. The van der Waals surface area contributed by atoms with Crippen LogP contribution in [0, 0.1) is 11.3 Å². The zero-order valence-corrected chi connectivity index (χ0v) is 18.4. The summed E-state index contributed by atoms with van der Waals surface area (Å²) in [6.07, 6.45) is 7.77. The van der Waals surface area contributed by atoms with Gasteiger partial charge >= 0.3 is 0 Å². The molecule has 0 unspecified atom stereocenters. The number of amides is 1. The number of nitrogens with one attached hydrogen (secondary N) is 3. The normalized spacial score (nSPS) is 21.6. The zero-order valence-electron chi connectivity index (χ0n) is 16.1. The van der Waals surface area contributed by atoms with E-state index >= 15 is 0 Å². The van der Waals surface area contributed by atoms with Gasteiger partial charge in [-0.25, -0.2) is 0 Å². The lowest BCUT2D eigenvalue weighted by molar-refractivity contribution is -0.128. The van der Waals surface area contributed by atoms with Gasteiger partial charge in [0.25, 0.3) is 0 Å². The van der Waals surface area contributed by atoms with Crippen molar-refractivity contribution in [2.75, 3.05) is 20.1 Å². The van der Waals surface area contributed by atoms with Crippen molar-refractivity contribution in [3.8, 4) is 0 Å². The van der Waals surface area contributed by atoms with Crippen molar-refractivity contribution >= 4 is 35.8 Å². The van der Waals surface area contributed by atoms with E-state index in [1.54, 1.807) is 7.05 Å². The molecule has 1 aliphatic carbocycles. The smallest absolute Gasteiger partial charge is 0.225 e. The minimum Gasteiger partial charge on any atom is -0.355 e. The monoisotopic (exact) mass is 452 g/mol. The van der Waals surface area contributed by atoms with Crippen molar-refractivity contribution < 1.29 is 4.79 Å². The van der Waals surface area contributed by atoms with Gasteiger partial charge in [0.05, 0.1) is 0 Å². The van der Waals surface area contributed by atoms with Crippen molar-refractivity contribution in [3.63, 3.8) is 0 Å². The first-order valence-corrected chi connectivity index (χ1v) is 9.12. The van der Waals surface area contributed by atoms with Gasteiger partial charge in [0.2, 0.25) is 5.91 Å². The lowest BCUT2D eigenvalue weighted by Gasteiger charge is -2.30. The Balaban J connectivity index is 0.00000529. The highest BCUT2D eigenvalue weighted by molar-refractivity contribution is 14.0. The third kappa shape index (κ3) is 9.08. The Bertz CT molecular complexity index is 385. The summed E-state index contributed by atoms with van der Waals surface area (Å²) >= 11 is 0. The van der Waals surface area contributed by atoms with E-state index in [2.05, 4.69) is 27.9 Å². The van der Waals surface area contributed by atoms with Gasteiger partial charge in [-0.2, -0.15) is 0 Å². The van der Waals surface area contributed by atoms with E-state index in [1.165, 1.54) is 38.5 Å². The van der Waals surface area contributed by atoms with Crippen LogP contribution in [0.15, 0.2) is 4.99 Å². The Morgan fingerprint density at radius 2 is 1.67 bits per heavy atom. The number of halogens is 1. The van der Waals surface area contributed by atoms with Crippen molar-refractivity contribution in [2.45, 2.75) is 72.3 Å². The maximum atomic E-state index is 11.8. The summed E-state index contributed by atoms with van der Waals surface area (Å²) in [5.41, 5.74) is -0.336. The molecule has 0 bridgehead atoms. The number of carbonyl (C=O) groups is 1. The van der Waals surface area contributed by atoms with E-state index in [1.807, 2.05) is 20.8 Å². The number of rotatable bonds is 6. The van der Waals surface area contributed by atoms with Crippen molar-refractivity contribution in [3.05, 3.63) is 0 Å². The Hall–Kier alpha value is -0.530. The molecule has 0 aliphatic heterocycles. The second-order valence-corrected chi connectivity index (χ2v) is 7.66. The molecule has 0 aromatic heterocycles. The third-order valence-electron chi connectivity index (χ3n) is 4.49. The molecule has 24 heavy (non-hydrogen) atoms. The first-order chi connectivity index (χ1) is 10.9. The summed E-state index contributed by atoms with van der Waals surface area (Å²) in [7, 11) is 1.80. The average Bonchev–Trinajstić information content (AvgIpc) is 2.51. The fourth-order valence-corrected chi connectivity index (χ4v) is 3.01. The molecule has 5 nitrogen and oxygen atoms in total. The minimum absolute atomic E-state index is 0. The molecular formula is C18H37IN4O. The number of aliphatic imine (C=N–C) groups is 1. The van der Waals surface area contributed by atoms with Crippen LogP contribution in [0.1, 0.15) is 66.2 Å². The highest BCUT2D eigenvalue weighted by Gasteiger charge is 2.22. The SMILES string of the molecule is CCCC1CCC(NC(=NC)NCCNC(=O)C(C)(C)C)CC1.I.